The van der Waals surface area contributed by atoms with Gasteiger partial charge in [-0.15, -0.1) is 0 Å². The minimum atomic E-state index is 0.432. The van der Waals surface area contributed by atoms with Crippen molar-refractivity contribution in [2.24, 2.45) is 0 Å². The van der Waals surface area contributed by atoms with Gasteiger partial charge in [0.1, 0.15) is 11.6 Å². The fourth-order valence-electron chi connectivity index (χ4n) is 1.06. The fourth-order valence-corrected chi connectivity index (χ4v) is 1.06. The van der Waals surface area contributed by atoms with Gasteiger partial charge in [-0.25, -0.2) is 4.98 Å². The van der Waals surface area contributed by atoms with Crippen LogP contribution in [0.4, 0.5) is 11.6 Å². The fraction of sp³-hybridized carbons (Fsp3) is 0.600. The van der Waals surface area contributed by atoms with Crippen LogP contribution in [0.3, 0.4) is 0 Å². The van der Waals surface area contributed by atoms with Crippen molar-refractivity contribution >= 4 is 11.6 Å². The summed E-state index contributed by atoms with van der Waals surface area (Å²) < 4.78 is 0. The van der Waals surface area contributed by atoms with Crippen molar-refractivity contribution in [1.82, 2.24) is 9.97 Å². The summed E-state index contributed by atoms with van der Waals surface area (Å²) in [6.45, 7) is 7.16. The molecule has 14 heavy (non-hydrogen) atoms. The molecule has 78 valence electrons. The summed E-state index contributed by atoms with van der Waals surface area (Å²) in [7, 11) is 2.02. The first-order valence-corrected chi connectivity index (χ1v) is 4.94. The van der Waals surface area contributed by atoms with E-state index < -0.39 is 0 Å². The molecule has 0 saturated carbocycles. The van der Waals surface area contributed by atoms with Gasteiger partial charge < -0.3 is 10.2 Å². The number of rotatable bonds is 4. The third-order valence-corrected chi connectivity index (χ3v) is 2.12. The molecule has 0 aromatic carbocycles. The van der Waals surface area contributed by atoms with E-state index in [0.29, 0.717) is 6.04 Å². The van der Waals surface area contributed by atoms with Gasteiger partial charge in [0.25, 0.3) is 0 Å². The van der Waals surface area contributed by atoms with Crippen LogP contribution in [0.25, 0.3) is 0 Å². The Kier molecular flexibility index (Phi) is 3.68. The first-order chi connectivity index (χ1) is 6.65. The molecular weight excluding hydrogens is 176 g/mol. The van der Waals surface area contributed by atoms with Gasteiger partial charge in [0.05, 0.1) is 12.4 Å². The molecule has 0 atom stereocenters. The van der Waals surface area contributed by atoms with Crippen LogP contribution in [0.1, 0.15) is 20.8 Å². The van der Waals surface area contributed by atoms with Crippen molar-refractivity contribution in [3.63, 3.8) is 0 Å². The van der Waals surface area contributed by atoms with Crippen molar-refractivity contribution in [2.75, 3.05) is 23.8 Å². The van der Waals surface area contributed by atoms with Crippen LogP contribution in [0.5, 0.6) is 0 Å². The monoisotopic (exact) mass is 194 g/mol. The van der Waals surface area contributed by atoms with Crippen LogP contribution in [-0.4, -0.2) is 29.6 Å². The maximum Gasteiger partial charge on any atom is 0.149 e. The second-order valence-corrected chi connectivity index (χ2v) is 3.50. The minimum absolute atomic E-state index is 0.432. The molecule has 1 N–H and O–H groups in total. The second-order valence-electron chi connectivity index (χ2n) is 3.50. The van der Waals surface area contributed by atoms with Crippen LogP contribution >= 0.6 is 0 Å². The molecule has 0 amide bonds. The Morgan fingerprint density at radius 2 is 2.14 bits per heavy atom. The lowest BCUT2D eigenvalue weighted by Gasteiger charge is -2.22. The number of nitrogens with zero attached hydrogens (tertiary/aromatic N) is 3. The van der Waals surface area contributed by atoms with Gasteiger partial charge in [-0.05, 0) is 20.8 Å². The molecule has 4 nitrogen and oxygen atoms in total. The maximum atomic E-state index is 4.44. The predicted molar refractivity (Wildman–Crippen MR) is 59.7 cm³/mol. The SMILES string of the molecule is CCNc1cncc(N(C)C(C)C)n1. The van der Waals surface area contributed by atoms with E-state index in [1.54, 1.807) is 12.4 Å². The average molecular weight is 194 g/mol. The van der Waals surface area contributed by atoms with E-state index in [-0.39, 0.29) is 0 Å². The molecule has 1 aromatic heterocycles. The van der Waals surface area contributed by atoms with Gasteiger partial charge in [-0.1, -0.05) is 0 Å². The highest BCUT2D eigenvalue weighted by Gasteiger charge is 2.06. The van der Waals surface area contributed by atoms with E-state index in [4.69, 9.17) is 0 Å². The molecule has 0 aliphatic heterocycles. The van der Waals surface area contributed by atoms with Gasteiger partial charge in [0, 0.05) is 19.6 Å². The van der Waals surface area contributed by atoms with E-state index >= 15 is 0 Å². The van der Waals surface area contributed by atoms with Gasteiger partial charge in [0.15, 0.2) is 0 Å². The lowest BCUT2D eigenvalue weighted by molar-refractivity contribution is 0.741. The number of aromatic nitrogens is 2. The first kappa shape index (κ1) is 10.8. The molecule has 0 radical (unpaired) electrons. The molecule has 0 unspecified atom stereocenters. The average Bonchev–Trinajstić information content (AvgIpc) is 2.17. The smallest absolute Gasteiger partial charge is 0.149 e. The quantitative estimate of drug-likeness (QED) is 0.793. The Balaban J connectivity index is 2.82. The maximum absolute atomic E-state index is 4.44. The van der Waals surface area contributed by atoms with E-state index in [1.807, 2.05) is 14.0 Å². The highest BCUT2D eigenvalue weighted by molar-refractivity contribution is 5.43. The summed E-state index contributed by atoms with van der Waals surface area (Å²) in [5.41, 5.74) is 0. The largest absolute Gasteiger partial charge is 0.369 e. The third-order valence-electron chi connectivity index (χ3n) is 2.12. The summed E-state index contributed by atoms with van der Waals surface area (Å²) >= 11 is 0. The normalized spacial score (nSPS) is 10.4. The van der Waals surface area contributed by atoms with Crippen LogP contribution in [0.2, 0.25) is 0 Å². The summed E-state index contributed by atoms with van der Waals surface area (Å²) in [6, 6.07) is 0.432. The lowest BCUT2D eigenvalue weighted by atomic mass is 10.3. The lowest BCUT2D eigenvalue weighted by Crippen LogP contribution is -2.26. The van der Waals surface area contributed by atoms with E-state index in [9.17, 15) is 0 Å². The summed E-state index contributed by atoms with van der Waals surface area (Å²) in [4.78, 5) is 10.7. The number of anilines is 2. The van der Waals surface area contributed by atoms with Gasteiger partial charge in [0.2, 0.25) is 0 Å². The Hall–Kier alpha value is -1.32. The first-order valence-electron chi connectivity index (χ1n) is 4.94. The standard InChI is InChI=1S/C10H18N4/c1-5-12-9-6-11-7-10(13-9)14(4)8(2)3/h6-8H,5H2,1-4H3,(H,12,13). The molecule has 0 bridgehead atoms. The van der Waals surface area contributed by atoms with Gasteiger partial charge >= 0.3 is 0 Å². The number of hydrogen-bond donors (Lipinski definition) is 1. The van der Waals surface area contributed by atoms with Crippen molar-refractivity contribution in [3.8, 4) is 0 Å². The molecular formula is C10H18N4. The van der Waals surface area contributed by atoms with Crippen molar-refractivity contribution < 1.29 is 0 Å². The molecule has 1 heterocycles. The van der Waals surface area contributed by atoms with Crippen molar-refractivity contribution in [3.05, 3.63) is 12.4 Å². The predicted octanol–water partition coefficient (Wildman–Crippen LogP) is 1.75. The highest BCUT2D eigenvalue weighted by atomic mass is 15.2. The molecule has 0 saturated heterocycles. The van der Waals surface area contributed by atoms with E-state index in [2.05, 4.69) is 34.0 Å². The Labute approximate surface area is 85.4 Å². The van der Waals surface area contributed by atoms with E-state index in [1.165, 1.54) is 0 Å². The Morgan fingerprint density at radius 1 is 1.43 bits per heavy atom. The van der Waals surface area contributed by atoms with Crippen LogP contribution in [-0.2, 0) is 0 Å². The second kappa shape index (κ2) is 4.79. The molecule has 1 aromatic rings. The zero-order valence-electron chi connectivity index (χ0n) is 9.28. The molecule has 0 aliphatic carbocycles. The zero-order valence-corrected chi connectivity index (χ0v) is 9.28. The number of nitrogens with one attached hydrogen (secondary N) is 1. The molecule has 0 spiro atoms. The molecule has 0 aliphatic rings. The summed E-state index contributed by atoms with van der Waals surface area (Å²) in [5, 5.41) is 3.14. The summed E-state index contributed by atoms with van der Waals surface area (Å²) in [5.74, 6) is 1.73. The van der Waals surface area contributed by atoms with Gasteiger partial charge in [-0.3, -0.25) is 4.98 Å². The van der Waals surface area contributed by atoms with Crippen LogP contribution in [0, 0.1) is 0 Å². The van der Waals surface area contributed by atoms with Crippen molar-refractivity contribution in [1.29, 1.82) is 0 Å². The topological polar surface area (TPSA) is 41.1 Å². The molecule has 1 rings (SSSR count). The van der Waals surface area contributed by atoms with Gasteiger partial charge in [-0.2, -0.15) is 0 Å². The van der Waals surface area contributed by atoms with Crippen molar-refractivity contribution in [2.45, 2.75) is 26.8 Å². The third kappa shape index (κ3) is 2.58. The number of hydrogen-bond acceptors (Lipinski definition) is 4. The highest BCUT2D eigenvalue weighted by Crippen LogP contribution is 2.12. The summed E-state index contributed by atoms with van der Waals surface area (Å²) in [6.07, 6.45) is 3.52. The van der Waals surface area contributed by atoms with Crippen LogP contribution < -0.4 is 10.2 Å². The zero-order chi connectivity index (χ0) is 10.6. The molecule has 0 fully saturated rings. The Bertz CT molecular complexity index is 285. The molecule has 4 heteroatoms. The van der Waals surface area contributed by atoms with Crippen LogP contribution in [0.15, 0.2) is 12.4 Å². The minimum Gasteiger partial charge on any atom is -0.369 e. The Morgan fingerprint density at radius 3 is 2.71 bits per heavy atom. The van der Waals surface area contributed by atoms with E-state index in [0.717, 1.165) is 18.2 Å².